The van der Waals surface area contributed by atoms with Crippen LogP contribution in [0, 0.1) is 0 Å². The molecule has 0 amide bonds. The van der Waals surface area contributed by atoms with Gasteiger partial charge in [0, 0.05) is 0 Å². The van der Waals surface area contributed by atoms with E-state index >= 15 is 0 Å². The summed E-state index contributed by atoms with van der Waals surface area (Å²) in [5.74, 6) is 0. The van der Waals surface area contributed by atoms with Crippen molar-refractivity contribution in [2.45, 2.75) is 0 Å². The number of hydrogen-bond donors (Lipinski definition) is 0. The Balaban J connectivity index is 2.59. The fourth-order valence-corrected chi connectivity index (χ4v) is 2.82. The minimum atomic E-state index is -0.0656. The molecule has 0 aromatic heterocycles. The maximum absolute atomic E-state index is 3.26. The molecule has 10 heavy (non-hydrogen) atoms. The second-order valence-corrected chi connectivity index (χ2v) is 5.02. The zero-order valence-electron chi connectivity index (χ0n) is 5.33. The topological polar surface area (TPSA) is 0 Å². The van der Waals surface area contributed by atoms with Crippen LogP contribution in [-0.4, -0.2) is 20.9 Å². The molecular weight excluding hydrogens is 304 g/mol. The Morgan fingerprint density at radius 1 is 1.20 bits per heavy atom. The van der Waals surface area contributed by atoms with Gasteiger partial charge in [0.2, 0.25) is 0 Å². The van der Waals surface area contributed by atoms with Gasteiger partial charge < -0.3 is 0 Å². The summed E-state index contributed by atoms with van der Waals surface area (Å²) in [6, 6.07) is 10.6. The first-order chi connectivity index (χ1) is 4.93. The van der Waals surface area contributed by atoms with E-state index in [0.29, 0.717) is 0 Å². The molecule has 0 aliphatic heterocycles. The normalized spacial score (nSPS) is 10.5. The van der Waals surface area contributed by atoms with E-state index in [4.69, 9.17) is 0 Å². The Morgan fingerprint density at radius 3 is 2.50 bits per heavy atom. The Labute approximate surface area is 79.5 Å². The summed E-state index contributed by atoms with van der Waals surface area (Å²) in [4.78, 5) is 1.95. The van der Waals surface area contributed by atoms with Gasteiger partial charge in [-0.05, 0) is 0 Å². The molecule has 52 valence electrons. The molecule has 0 saturated heterocycles. The summed E-state index contributed by atoms with van der Waals surface area (Å²) in [7, 11) is 0. The molecule has 0 aliphatic carbocycles. The van der Waals surface area contributed by atoms with E-state index in [0.717, 1.165) is 0 Å². The van der Waals surface area contributed by atoms with Crippen molar-refractivity contribution in [3.05, 3.63) is 39.4 Å². The zero-order valence-corrected chi connectivity index (χ0v) is 9.24. The zero-order chi connectivity index (χ0) is 7.23. The van der Waals surface area contributed by atoms with Crippen molar-refractivity contribution >= 4 is 40.5 Å². The third kappa shape index (κ3) is 2.88. The van der Waals surface area contributed by atoms with Gasteiger partial charge in [0.05, 0.1) is 0 Å². The molecule has 0 aliphatic rings. The third-order valence-corrected chi connectivity index (χ3v) is 4.68. The average molecular weight is 311 g/mol. The molecule has 0 fully saturated rings. The van der Waals surface area contributed by atoms with E-state index < -0.39 is 0 Å². The predicted molar refractivity (Wildman–Crippen MR) is 49.9 cm³/mol. The van der Waals surface area contributed by atoms with E-state index in [1.54, 1.807) is 0 Å². The van der Waals surface area contributed by atoms with Crippen molar-refractivity contribution < 1.29 is 0 Å². The van der Waals surface area contributed by atoms with Crippen LogP contribution < -0.4 is 3.61 Å². The number of rotatable bonds is 2. The molecule has 0 saturated carbocycles. The monoisotopic (exact) mass is 312 g/mol. The standard InChI is InChI=1S/C8H7BrTe/c9-6-7-10-8-4-2-1-3-5-8/h1-7H/b7-6+. The third-order valence-electron chi connectivity index (χ3n) is 0.999. The maximum atomic E-state index is 3.26. The summed E-state index contributed by atoms with van der Waals surface area (Å²) >= 11 is 3.19. The number of halogens is 1. The Kier molecular flexibility index (Phi) is 4.13. The van der Waals surface area contributed by atoms with E-state index in [1.165, 1.54) is 3.61 Å². The molecule has 0 atom stereocenters. The van der Waals surface area contributed by atoms with Crippen molar-refractivity contribution in [1.82, 2.24) is 0 Å². The number of hydrogen-bond acceptors (Lipinski definition) is 0. The van der Waals surface area contributed by atoms with Crippen LogP contribution in [0.2, 0.25) is 0 Å². The summed E-state index contributed by atoms with van der Waals surface area (Å²) in [6.07, 6.45) is 0. The van der Waals surface area contributed by atoms with E-state index in [-0.39, 0.29) is 20.9 Å². The average Bonchev–Trinajstić information content (AvgIpc) is 2.03. The van der Waals surface area contributed by atoms with Gasteiger partial charge in [-0.3, -0.25) is 0 Å². The Morgan fingerprint density at radius 2 is 1.90 bits per heavy atom. The molecule has 1 aromatic rings. The van der Waals surface area contributed by atoms with Gasteiger partial charge in [0.25, 0.3) is 0 Å². The summed E-state index contributed by atoms with van der Waals surface area (Å²) < 4.78 is 3.68. The molecule has 2 heteroatoms. The van der Waals surface area contributed by atoms with E-state index in [2.05, 4.69) is 44.3 Å². The summed E-state index contributed by atoms with van der Waals surface area (Å²) in [5, 5.41) is 0. The Hall–Kier alpha value is 0.230. The van der Waals surface area contributed by atoms with Crippen LogP contribution >= 0.6 is 15.9 Å². The Bertz CT molecular complexity index is 206. The summed E-state index contributed by atoms with van der Waals surface area (Å²) in [5.41, 5.74) is 0. The first kappa shape index (κ1) is 8.33. The van der Waals surface area contributed by atoms with Crippen LogP contribution in [0.1, 0.15) is 0 Å². The van der Waals surface area contributed by atoms with Crippen LogP contribution in [-0.2, 0) is 0 Å². The first-order valence-electron chi connectivity index (χ1n) is 2.90. The number of benzene rings is 1. The molecule has 0 N–H and O–H groups in total. The van der Waals surface area contributed by atoms with Crippen molar-refractivity contribution in [3.8, 4) is 0 Å². The molecule has 0 bridgehead atoms. The molecule has 0 heterocycles. The second-order valence-electron chi connectivity index (χ2n) is 1.69. The van der Waals surface area contributed by atoms with Gasteiger partial charge in [-0.2, -0.15) is 0 Å². The fourth-order valence-electron chi connectivity index (χ4n) is 0.603. The van der Waals surface area contributed by atoms with Crippen LogP contribution in [0.25, 0.3) is 0 Å². The first-order valence-corrected chi connectivity index (χ1v) is 6.33. The van der Waals surface area contributed by atoms with Crippen molar-refractivity contribution in [2.75, 3.05) is 0 Å². The molecule has 0 nitrogen and oxygen atoms in total. The van der Waals surface area contributed by atoms with Crippen LogP contribution in [0.4, 0.5) is 0 Å². The van der Waals surface area contributed by atoms with Crippen molar-refractivity contribution in [1.29, 1.82) is 0 Å². The fraction of sp³-hybridized carbons (Fsp3) is 0. The van der Waals surface area contributed by atoms with Crippen LogP contribution in [0.3, 0.4) is 0 Å². The predicted octanol–water partition coefficient (Wildman–Crippen LogP) is 1.88. The molecule has 0 spiro atoms. The van der Waals surface area contributed by atoms with Gasteiger partial charge in [0.1, 0.15) is 0 Å². The molecule has 0 unspecified atom stereocenters. The van der Waals surface area contributed by atoms with Gasteiger partial charge in [-0.15, -0.1) is 0 Å². The SMILES string of the molecule is Br/C=C/[Te]c1ccccc1. The van der Waals surface area contributed by atoms with Gasteiger partial charge >= 0.3 is 79.9 Å². The quantitative estimate of drug-likeness (QED) is 0.732. The van der Waals surface area contributed by atoms with E-state index in [1.807, 2.05) is 11.1 Å². The van der Waals surface area contributed by atoms with Crippen molar-refractivity contribution in [3.63, 3.8) is 0 Å². The van der Waals surface area contributed by atoms with Crippen LogP contribution in [0.5, 0.6) is 0 Å². The van der Waals surface area contributed by atoms with E-state index in [9.17, 15) is 0 Å². The van der Waals surface area contributed by atoms with Gasteiger partial charge in [0.15, 0.2) is 0 Å². The molecule has 0 radical (unpaired) electrons. The molecule has 1 rings (SSSR count). The second kappa shape index (κ2) is 4.96. The molecule has 1 aromatic carbocycles. The molecular formula is C8H7BrTe. The van der Waals surface area contributed by atoms with Crippen LogP contribution in [0.15, 0.2) is 39.4 Å². The van der Waals surface area contributed by atoms with Gasteiger partial charge in [-0.1, -0.05) is 0 Å². The minimum absolute atomic E-state index is 0.0656. The van der Waals surface area contributed by atoms with Crippen molar-refractivity contribution in [2.24, 2.45) is 0 Å². The van der Waals surface area contributed by atoms with Gasteiger partial charge in [-0.25, -0.2) is 0 Å². The summed E-state index contributed by atoms with van der Waals surface area (Å²) in [6.45, 7) is 0.